The normalized spacial score (nSPS) is 27.5. The molecule has 1 saturated heterocycles. The SMILES string of the molecule is CCN(Cc1ccncc1)[C@H]1CCCN(C(=O)C2CCC(O)CC2)C1. The molecule has 2 fully saturated rings. The van der Waals surface area contributed by atoms with Gasteiger partial charge in [0.15, 0.2) is 0 Å². The van der Waals surface area contributed by atoms with Crippen LogP contribution in [0.3, 0.4) is 0 Å². The van der Waals surface area contributed by atoms with Crippen LogP contribution in [0.15, 0.2) is 24.5 Å². The van der Waals surface area contributed by atoms with E-state index in [1.165, 1.54) is 5.56 Å². The molecule has 0 radical (unpaired) electrons. The van der Waals surface area contributed by atoms with E-state index in [2.05, 4.69) is 33.8 Å². The van der Waals surface area contributed by atoms with Crippen LogP contribution in [-0.2, 0) is 11.3 Å². The molecule has 0 bridgehead atoms. The molecule has 0 unspecified atom stereocenters. The molecule has 1 saturated carbocycles. The minimum Gasteiger partial charge on any atom is -0.393 e. The summed E-state index contributed by atoms with van der Waals surface area (Å²) in [7, 11) is 0. The van der Waals surface area contributed by atoms with Gasteiger partial charge >= 0.3 is 0 Å². The fourth-order valence-electron chi connectivity index (χ4n) is 4.26. The molecule has 1 amide bonds. The molecule has 3 rings (SSSR count). The van der Waals surface area contributed by atoms with Gasteiger partial charge in [-0.2, -0.15) is 0 Å². The van der Waals surface area contributed by atoms with Gasteiger partial charge in [0.1, 0.15) is 0 Å². The highest BCUT2D eigenvalue weighted by Crippen LogP contribution is 2.28. The fourth-order valence-corrected chi connectivity index (χ4v) is 4.26. The van der Waals surface area contributed by atoms with Crippen LogP contribution in [0.2, 0.25) is 0 Å². The summed E-state index contributed by atoms with van der Waals surface area (Å²) >= 11 is 0. The Hall–Kier alpha value is -1.46. The van der Waals surface area contributed by atoms with E-state index < -0.39 is 0 Å². The molecule has 1 aromatic heterocycles. The summed E-state index contributed by atoms with van der Waals surface area (Å²) in [4.78, 5) is 21.6. The molecule has 0 spiro atoms. The molecular formula is C20H31N3O2. The number of rotatable bonds is 5. The van der Waals surface area contributed by atoms with Gasteiger partial charge in [-0.15, -0.1) is 0 Å². The molecule has 138 valence electrons. The van der Waals surface area contributed by atoms with Crippen LogP contribution >= 0.6 is 0 Å². The molecule has 5 heteroatoms. The summed E-state index contributed by atoms with van der Waals surface area (Å²) in [6.07, 6.45) is 8.97. The minimum atomic E-state index is -0.200. The number of pyridine rings is 1. The zero-order valence-corrected chi connectivity index (χ0v) is 15.3. The zero-order valence-electron chi connectivity index (χ0n) is 15.3. The van der Waals surface area contributed by atoms with Crippen LogP contribution in [-0.4, -0.2) is 57.6 Å². The average Bonchev–Trinajstić information content (AvgIpc) is 2.67. The van der Waals surface area contributed by atoms with Crippen LogP contribution in [0, 0.1) is 5.92 Å². The standard InChI is InChI=1S/C20H31N3O2/c1-2-22(14-16-9-11-21-12-10-16)18-4-3-13-23(15-18)20(25)17-5-7-19(24)8-6-17/h9-12,17-19,24H,2-8,13-15H2,1H3/t17?,18-,19?/m0/s1. The average molecular weight is 345 g/mol. The maximum absolute atomic E-state index is 12.9. The lowest BCUT2D eigenvalue weighted by molar-refractivity contribution is -0.139. The highest BCUT2D eigenvalue weighted by atomic mass is 16.3. The van der Waals surface area contributed by atoms with Crippen molar-refractivity contribution in [1.82, 2.24) is 14.8 Å². The van der Waals surface area contributed by atoms with Crippen molar-refractivity contribution in [3.63, 3.8) is 0 Å². The highest BCUT2D eigenvalue weighted by molar-refractivity contribution is 5.79. The molecular weight excluding hydrogens is 314 g/mol. The Labute approximate surface area is 151 Å². The Morgan fingerprint density at radius 1 is 1.24 bits per heavy atom. The number of nitrogens with zero attached hydrogens (tertiary/aromatic N) is 3. The third-order valence-electron chi connectivity index (χ3n) is 5.81. The summed E-state index contributed by atoms with van der Waals surface area (Å²) in [6, 6.07) is 4.58. The Morgan fingerprint density at radius 3 is 2.64 bits per heavy atom. The predicted octanol–water partition coefficient (Wildman–Crippen LogP) is 2.45. The molecule has 2 aliphatic rings. The summed E-state index contributed by atoms with van der Waals surface area (Å²) in [6.45, 7) is 5.84. The second kappa shape index (κ2) is 8.77. The number of aliphatic hydroxyl groups excluding tert-OH is 1. The summed E-state index contributed by atoms with van der Waals surface area (Å²) in [5, 5.41) is 9.67. The molecule has 1 atom stereocenters. The minimum absolute atomic E-state index is 0.123. The van der Waals surface area contributed by atoms with E-state index in [4.69, 9.17) is 0 Å². The Kier molecular flexibility index (Phi) is 6.43. The van der Waals surface area contributed by atoms with Gasteiger partial charge < -0.3 is 10.0 Å². The summed E-state index contributed by atoms with van der Waals surface area (Å²) < 4.78 is 0. The van der Waals surface area contributed by atoms with Crippen molar-refractivity contribution in [3.8, 4) is 0 Å². The van der Waals surface area contributed by atoms with Crippen LogP contribution in [0.5, 0.6) is 0 Å². The number of carbonyl (C=O) groups is 1. The monoisotopic (exact) mass is 345 g/mol. The van der Waals surface area contributed by atoms with Crippen LogP contribution in [0.25, 0.3) is 0 Å². The second-order valence-corrected chi connectivity index (χ2v) is 7.50. The third kappa shape index (κ3) is 4.79. The van der Waals surface area contributed by atoms with E-state index in [9.17, 15) is 9.90 Å². The number of hydrogen-bond acceptors (Lipinski definition) is 4. The number of carbonyl (C=O) groups excluding carboxylic acids is 1. The molecule has 1 aliphatic heterocycles. The van der Waals surface area contributed by atoms with E-state index in [1.807, 2.05) is 12.4 Å². The first-order valence-corrected chi connectivity index (χ1v) is 9.77. The van der Waals surface area contributed by atoms with E-state index in [-0.39, 0.29) is 12.0 Å². The van der Waals surface area contributed by atoms with Crippen molar-refractivity contribution in [2.24, 2.45) is 5.92 Å². The summed E-state index contributed by atoms with van der Waals surface area (Å²) in [5.74, 6) is 0.439. The maximum Gasteiger partial charge on any atom is 0.225 e. The number of aromatic nitrogens is 1. The topological polar surface area (TPSA) is 56.7 Å². The molecule has 1 aliphatic carbocycles. The Balaban J connectivity index is 1.58. The largest absolute Gasteiger partial charge is 0.393 e. The quantitative estimate of drug-likeness (QED) is 0.891. The zero-order chi connectivity index (χ0) is 17.6. The van der Waals surface area contributed by atoms with Crippen molar-refractivity contribution in [2.75, 3.05) is 19.6 Å². The molecule has 0 aromatic carbocycles. The van der Waals surface area contributed by atoms with Crippen molar-refractivity contribution < 1.29 is 9.90 Å². The Morgan fingerprint density at radius 2 is 1.96 bits per heavy atom. The molecule has 5 nitrogen and oxygen atoms in total. The second-order valence-electron chi connectivity index (χ2n) is 7.50. The lowest BCUT2D eigenvalue weighted by atomic mass is 9.86. The Bertz CT molecular complexity index is 543. The van der Waals surface area contributed by atoms with Crippen molar-refractivity contribution in [2.45, 2.75) is 64.1 Å². The number of aliphatic hydroxyl groups is 1. The van der Waals surface area contributed by atoms with Gasteiger partial charge in [0, 0.05) is 44.0 Å². The van der Waals surface area contributed by atoms with Gasteiger partial charge in [0.05, 0.1) is 6.10 Å². The highest BCUT2D eigenvalue weighted by Gasteiger charge is 2.32. The first kappa shape index (κ1) is 18.3. The first-order valence-electron chi connectivity index (χ1n) is 9.77. The lowest BCUT2D eigenvalue weighted by Gasteiger charge is -2.40. The van der Waals surface area contributed by atoms with Gasteiger partial charge in [-0.05, 0) is 62.8 Å². The van der Waals surface area contributed by atoms with Crippen molar-refractivity contribution >= 4 is 5.91 Å². The van der Waals surface area contributed by atoms with Crippen LogP contribution in [0.1, 0.15) is 51.0 Å². The van der Waals surface area contributed by atoms with Crippen molar-refractivity contribution in [3.05, 3.63) is 30.1 Å². The van der Waals surface area contributed by atoms with E-state index >= 15 is 0 Å². The molecule has 2 heterocycles. The smallest absolute Gasteiger partial charge is 0.225 e. The number of likely N-dealkylation sites (tertiary alicyclic amines) is 1. The van der Waals surface area contributed by atoms with E-state index in [0.717, 1.165) is 64.7 Å². The predicted molar refractivity (Wildman–Crippen MR) is 97.9 cm³/mol. The number of piperidine rings is 1. The molecule has 25 heavy (non-hydrogen) atoms. The van der Waals surface area contributed by atoms with Gasteiger partial charge in [-0.1, -0.05) is 6.92 Å². The van der Waals surface area contributed by atoms with Crippen LogP contribution in [0.4, 0.5) is 0 Å². The molecule has 1 N–H and O–H groups in total. The van der Waals surface area contributed by atoms with Gasteiger partial charge in [0.2, 0.25) is 5.91 Å². The van der Waals surface area contributed by atoms with E-state index in [0.29, 0.717) is 11.9 Å². The maximum atomic E-state index is 12.9. The van der Waals surface area contributed by atoms with Gasteiger partial charge in [-0.25, -0.2) is 0 Å². The first-order chi connectivity index (χ1) is 12.2. The third-order valence-corrected chi connectivity index (χ3v) is 5.81. The van der Waals surface area contributed by atoms with Crippen molar-refractivity contribution in [1.29, 1.82) is 0 Å². The van der Waals surface area contributed by atoms with E-state index in [1.54, 1.807) is 0 Å². The van der Waals surface area contributed by atoms with Gasteiger partial charge in [-0.3, -0.25) is 14.7 Å². The lowest BCUT2D eigenvalue weighted by Crippen LogP contribution is -2.51. The summed E-state index contributed by atoms with van der Waals surface area (Å²) in [5.41, 5.74) is 1.28. The van der Waals surface area contributed by atoms with Crippen LogP contribution < -0.4 is 0 Å². The number of amides is 1. The van der Waals surface area contributed by atoms with Gasteiger partial charge in [0.25, 0.3) is 0 Å². The number of likely N-dealkylation sites (N-methyl/N-ethyl adjacent to an activating group) is 1. The molecule has 1 aromatic rings. The fraction of sp³-hybridized carbons (Fsp3) is 0.700. The number of hydrogen-bond donors (Lipinski definition) is 1.